The number of aliphatic hydroxyl groups is 1. The van der Waals surface area contributed by atoms with Gasteiger partial charge in [0.1, 0.15) is 11.6 Å². The summed E-state index contributed by atoms with van der Waals surface area (Å²) in [5.74, 6) is -1.49. The molecule has 0 fully saturated rings. The molecule has 3 N–H and O–H groups in total. The maximum atomic E-state index is 13.6. The van der Waals surface area contributed by atoms with Gasteiger partial charge >= 0.3 is 0 Å². The van der Waals surface area contributed by atoms with Crippen LogP contribution in [0.1, 0.15) is 48.1 Å². The van der Waals surface area contributed by atoms with E-state index in [4.69, 9.17) is 0 Å². The Labute approximate surface area is 182 Å². The Morgan fingerprint density at radius 3 is 2.48 bits per heavy atom. The number of fused-ring (bicyclic) bond motifs is 1. The number of hydrogen-bond acceptors (Lipinski definition) is 4. The number of halogens is 2. The molecule has 3 rings (SSSR count). The topological polar surface area (TPSA) is 78.4 Å². The van der Waals surface area contributed by atoms with Crippen LogP contribution in [-0.2, 0) is 29.3 Å². The van der Waals surface area contributed by atoms with Crippen molar-refractivity contribution >= 4 is 10.0 Å². The minimum Gasteiger partial charge on any atom is -0.390 e. The van der Waals surface area contributed by atoms with Crippen LogP contribution in [0.25, 0.3) is 0 Å². The highest BCUT2D eigenvalue weighted by atomic mass is 32.2. The molecular weight excluding hydrogens is 422 g/mol. The van der Waals surface area contributed by atoms with Gasteiger partial charge in [-0.05, 0) is 66.5 Å². The van der Waals surface area contributed by atoms with Gasteiger partial charge in [0.2, 0.25) is 10.0 Å². The predicted molar refractivity (Wildman–Crippen MR) is 117 cm³/mol. The summed E-state index contributed by atoms with van der Waals surface area (Å²) in [7, 11) is -3.63. The molecule has 170 valence electrons. The average Bonchev–Trinajstić information content (AvgIpc) is 2.69. The molecular formula is C23H30F2N2O3S. The van der Waals surface area contributed by atoms with E-state index in [0.29, 0.717) is 0 Å². The standard InChI is InChI=1S/C23H30F2N2O3S/c1-3-15-7-8-17-5-4-6-21(20(17)11-15)26-14-23(28)22(27-31(2,29)30)12-16-9-18(24)13-19(25)10-16/h7-11,13,21-23,26-28H,3-6,12,14H2,1-2H3/t21-,22?,23?/m0/s1. The molecule has 3 atom stereocenters. The fourth-order valence-corrected chi connectivity index (χ4v) is 4.99. The molecule has 0 aromatic heterocycles. The Bertz CT molecular complexity index is 994. The summed E-state index contributed by atoms with van der Waals surface area (Å²) in [6.45, 7) is 2.25. The second kappa shape index (κ2) is 10.2. The zero-order valence-corrected chi connectivity index (χ0v) is 18.7. The number of nitrogens with one attached hydrogen (secondary N) is 2. The summed E-state index contributed by atoms with van der Waals surface area (Å²) in [6.07, 6.45) is 3.78. The monoisotopic (exact) mass is 452 g/mol. The second-order valence-corrected chi connectivity index (χ2v) is 10.1. The van der Waals surface area contributed by atoms with E-state index in [2.05, 4.69) is 35.2 Å². The lowest BCUT2D eigenvalue weighted by molar-refractivity contribution is 0.130. The molecule has 2 aromatic carbocycles. The Hall–Kier alpha value is -1.87. The molecule has 0 bridgehead atoms. The van der Waals surface area contributed by atoms with Crippen LogP contribution in [-0.4, -0.2) is 38.5 Å². The summed E-state index contributed by atoms with van der Waals surface area (Å²) in [5, 5.41) is 14.1. The SMILES string of the molecule is CCc1ccc2c(c1)[C@@H](NCC(O)C(Cc1cc(F)cc(F)c1)NS(C)(=O)=O)CCC2. The van der Waals surface area contributed by atoms with Crippen molar-refractivity contribution in [3.8, 4) is 0 Å². The van der Waals surface area contributed by atoms with E-state index < -0.39 is 33.8 Å². The van der Waals surface area contributed by atoms with Crippen LogP contribution in [0.3, 0.4) is 0 Å². The van der Waals surface area contributed by atoms with Gasteiger partial charge in [-0.25, -0.2) is 21.9 Å². The van der Waals surface area contributed by atoms with Crippen LogP contribution in [0, 0.1) is 11.6 Å². The fraction of sp³-hybridized carbons (Fsp3) is 0.478. The largest absolute Gasteiger partial charge is 0.390 e. The maximum Gasteiger partial charge on any atom is 0.209 e. The third kappa shape index (κ3) is 6.80. The van der Waals surface area contributed by atoms with Gasteiger partial charge < -0.3 is 10.4 Å². The molecule has 0 aliphatic heterocycles. The van der Waals surface area contributed by atoms with E-state index in [1.54, 1.807) is 0 Å². The molecule has 0 heterocycles. The number of hydrogen-bond donors (Lipinski definition) is 3. The van der Waals surface area contributed by atoms with Gasteiger partial charge in [0, 0.05) is 18.7 Å². The maximum absolute atomic E-state index is 13.6. The van der Waals surface area contributed by atoms with Crippen LogP contribution < -0.4 is 10.0 Å². The van der Waals surface area contributed by atoms with Crippen molar-refractivity contribution in [1.82, 2.24) is 10.0 Å². The molecule has 31 heavy (non-hydrogen) atoms. The lowest BCUT2D eigenvalue weighted by Gasteiger charge is -2.30. The van der Waals surface area contributed by atoms with Gasteiger partial charge in [0.25, 0.3) is 0 Å². The molecule has 8 heteroatoms. The van der Waals surface area contributed by atoms with Crippen molar-refractivity contribution in [3.05, 3.63) is 70.3 Å². The highest BCUT2D eigenvalue weighted by Crippen LogP contribution is 2.30. The summed E-state index contributed by atoms with van der Waals surface area (Å²) in [6, 6.07) is 8.68. The summed E-state index contributed by atoms with van der Waals surface area (Å²) in [4.78, 5) is 0. The third-order valence-corrected chi connectivity index (χ3v) is 6.45. The fourth-order valence-electron chi connectivity index (χ4n) is 4.20. The highest BCUT2D eigenvalue weighted by molar-refractivity contribution is 7.88. The number of sulfonamides is 1. The van der Waals surface area contributed by atoms with Crippen molar-refractivity contribution in [2.24, 2.45) is 0 Å². The first-order chi connectivity index (χ1) is 14.6. The van der Waals surface area contributed by atoms with Gasteiger partial charge in [-0.2, -0.15) is 0 Å². The minimum atomic E-state index is -3.63. The Kier molecular flexibility index (Phi) is 7.80. The van der Waals surface area contributed by atoms with Crippen molar-refractivity contribution < 1.29 is 22.3 Å². The van der Waals surface area contributed by atoms with Crippen molar-refractivity contribution in [2.75, 3.05) is 12.8 Å². The van der Waals surface area contributed by atoms with E-state index in [1.165, 1.54) is 16.7 Å². The molecule has 0 spiro atoms. The molecule has 0 saturated carbocycles. The quantitative estimate of drug-likeness (QED) is 0.547. The van der Waals surface area contributed by atoms with E-state index >= 15 is 0 Å². The Morgan fingerprint density at radius 2 is 1.84 bits per heavy atom. The summed E-state index contributed by atoms with van der Waals surface area (Å²) >= 11 is 0. The zero-order chi connectivity index (χ0) is 22.6. The Balaban J connectivity index is 1.73. The first kappa shape index (κ1) is 23.8. The molecule has 0 amide bonds. The lowest BCUT2D eigenvalue weighted by Crippen LogP contribution is -2.49. The van der Waals surface area contributed by atoms with E-state index in [1.807, 2.05) is 0 Å². The normalized spacial score (nSPS) is 18.4. The molecule has 1 aliphatic carbocycles. The van der Waals surface area contributed by atoms with Gasteiger partial charge in [0.05, 0.1) is 18.4 Å². The second-order valence-electron chi connectivity index (χ2n) is 8.29. The molecule has 2 unspecified atom stereocenters. The smallest absolute Gasteiger partial charge is 0.209 e. The van der Waals surface area contributed by atoms with E-state index in [0.717, 1.165) is 50.1 Å². The molecule has 0 saturated heterocycles. The van der Waals surface area contributed by atoms with Crippen molar-refractivity contribution in [2.45, 2.75) is 57.2 Å². The number of aryl methyl sites for hydroxylation is 2. The van der Waals surface area contributed by atoms with Crippen LogP contribution in [0.15, 0.2) is 36.4 Å². The van der Waals surface area contributed by atoms with Crippen LogP contribution in [0.4, 0.5) is 8.78 Å². The van der Waals surface area contributed by atoms with Crippen LogP contribution in [0.2, 0.25) is 0 Å². The van der Waals surface area contributed by atoms with E-state index in [-0.39, 0.29) is 24.6 Å². The zero-order valence-electron chi connectivity index (χ0n) is 17.9. The van der Waals surface area contributed by atoms with Crippen LogP contribution in [0.5, 0.6) is 0 Å². The first-order valence-corrected chi connectivity index (χ1v) is 12.5. The lowest BCUT2D eigenvalue weighted by atomic mass is 9.86. The summed E-state index contributed by atoms with van der Waals surface area (Å²) in [5.41, 5.74) is 4.03. The third-order valence-electron chi connectivity index (χ3n) is 5.71. The van der Waals surface area contributed by atoms with Gasteiger partial charge in [0.15, 0.2) is 0 Å². The highest BCUT2D eigenvalue weighted by Gasteiger charge is 2.26. The van der Waals surface area contributed by atoms with Gasteiger partial charge in [-0.15, -0.1) is 0 Å². The number of aliphatic hydroxyl groups excluding tert-OH is 1. The Morgan fingerprint density at radius 1 is 1.13 bits per heavy atom. The summed E-state index contributed by atoms with van der Waals surface area (Å²) < 4.78 is 53.2. The minimum absolute atomic E-state index is 0.0359. The van der Waals surface area contributed by atoms with E-state index in [9.17, 15) is 22.3 Å². The number of rotatable bonds is 9. The van der Waals surface area contributed by atoms with Gasteiger partial charge in [-0.1, -0.05) is 25.1 Å². The molecule has 1 aliphatic rings. The average molecular weight is 453 g/mol. The number of benzene rings is 2. The molecule has 2 aromatic rings. The first-order valence-electron chi connectivity index (χ1n) is 10.6. The van der Waals surface area contributed by atoms with Crippen molar-refractivity contribution in [1.29, 1.82) is 0 Å². The molecule has 0 radical (unpaired) electrons. The predicted octanol–water partition coefficient (Wildman–Crippen LogP) is 3.02. The van der Waals surface area contributed by atoms with Gasteiger partial charge in [-0.3, -0.25) is 0 Å². The van der Waals surface area contributed by atoms with Crippen molar-refractivity contribution in [3.63, 3.8) is 0 Å². The molecule has 5 nitrogen and oxygen atoms in total. The van der Waals surface area contributed by atoms with Crippen LogP contribution >= 0.6 is 0 Å².